The molecule has 0 bridgehead atoms. The molecule has 1 aliphatic heterocycles. The zero-order valence-electron chi connectivity index (χ0n) is 10.5. The number of nitrogens with one attached hydrogen (secondary N) is 1. The van der Waals surface area contributed by atoms with Gasteiger partial charge in [0, 0.05) is 10.5 Å². The molecule has 1 atom stereocenters. The maximum atomic E-state index is 5.67. The molecule has 1 unspecified atom stereocenters. The lowest BCUT2D eigenvalue weighted by Gasteiger charge is -2.35. The Bertz CT molecular complexity index is 446. The molecule has 0 radical (unpaired) electrons. The van der Waals surface area contributed by atoms with Crippen molar-refractivity contribution in [1.82, 2.24) is 5.32 Å². The first-order chi connectivity index (χ1) is 8.79. The predicted molar refractivity (Wildman–Crippen MR) is 74.3 cm³/mol. The second-order valence-corrected chi connectivity index (χ2v) is 5.83. The molecule has 0 spiro atoms. The second kappa shape index (κ2) is 5.10. The monoisotopic (exact) mass is 311 g/mol. The van der Waals surface area contributed by atoms with Crippen molar-refractivity contribution in [3.8, 4) is 11.5 Å². The quantitative estimate of drug-likeness (QED) is 0.929. The lowest BCUT2D eigenvalue weighted by Crippen LogP contribution is -2.30. The zero-order valence-corrected chi connectivity index (χ0v) is 12.1. The Hall–Kier alpha value is -0.740. The largest absolute Gasteiger partial charge is 0.486 e. The molecule has 2 aliphatic rings. The van der Waals surface area contributed by atoms with Gasteiger partial charge >= 0.3 is 0 Å². The minimum absolute atomic E-state index is 0.406. The van der Waals surface area contributed by atoms with Gasteiger partial charge in [0.05, 0.1) is 0 Å². The van der Waals surface area contributed by atoms with Crippen molar-refractivity contribution >= 4 is 15.9 Å². The van der Waals surface area contributed by atoms with Crippen molar-refractivity contribution in [2.24, 2.45) is 5.92 Å². The summed E-state index contributed by atoms with van der Waals surface area (Å²) in [5, 5.41) is 3.44. The van der Waals surface area contributed by atoms with Crippen molar-refractivity contribution in [2.75, 3.05) is 20.3 Å². The maximum Gasteiger partial charge on any atom is 0.162 e. The van der Waals surface area contributed by atoms with Crippen LogP contribution < -0.4 is 14.8 Å². The van der Waals surface area contributed by atoms with Crippen LogP contribution in [-0.2, 0) is 0 Å². The lowest BCUT2D eigenvalue weighted by molar-refractivity contribution is 0.170. The maximum absolute atomic E-state index is 5.67. The summed E-state index contributed by atoms with van der Waals surface area (Å²) in [6.45, 7) is 1.28. The molecule has 1 aliphatic carbocycles. The van der Waals surface area contributed by atoms with E-state index in [0.717, 1.165) is 21.9 Å². The molecule has 18 heavy (non-hydrogen) atoms. The molecule has 98 valence electrons. The number of fused-ring (bicyclic) bond motifs is 1. The summed E-state index contributed by atoms with van der Waals surface area (Å²) in [6.07, 6.45) is 3.98. The van der Waals surface area contributed by atoms with Gasteiger partial charge in [-0.05, 0) is 43.5 Å². The fraction of sp³-hybridized carbons (Fsp3) is 0.571. The molecule has 1 fully saturated rings. The SMILES string of the molecule is CNC(c1cc2c(cc1Br)OCCO2)C1CCC1. The summed E-state index contributed by atoms with van der Waals surface area (Å²) in [5.74, 6) is 2.47. The van der Waals surface area contributed by atoms with Gasteiger partial charge in [-0.3, -0.25) is 0 Å². The van der Waals surface area contributed by atoms with Gasteiger partial charge in [0.2, 0.25) is 0 Å². The van der Waals surface area contributed by atoms with Crippen LogP contribution in [0.5, 0.6) is 11.5 Å². The Morgan fingerprint density at radius 1 is 1.22 bits per heavy atom. The summed E-state index contributed by atoms with van der Waals surface area (Å²) in [5.41, 5.74) is 1.28. The van der Waals surface area contributed by atoms with Crippen LogP contribution in [0.2, 0.25) is 0 Å². The van der Waals surface area contributed by atoms with Crippen molar-refractivity contribution < 1.29 is 9.47 Å². The van der Waals surface area contributed by atoms with Crippen LogP contribution in [0.1, 0.15) is 30.9 Å². The lowest BCUT2D eigenvalue weighted by atomic mass is 9.77. The molecular formula is C14H18BrNO2. The number of hydrogen-bond donors (Lipinski definition) is 1. The van der Waals surface area contributed by atoms with E-state index in [-0.39, 0.29) is 0 Å². The summed E-state index contributed by atoms with van der Waals surface area (Å²) in [7, 11) is 2.03. The Morgan fingerprint density at radius 3 is 2.44 bits per heavy atom. The first-order valence-electron chi connectivity index (χ1n) is 6.56. The molecule has 3 rings (SSSR count). The van der Waals surface area contributed by atoms with E-state index in [1.165, 1.54) is 24.8 Å². The first kappa shape index (κ1) is 12.3. The van der Waals surface area contributed by atoms with E-state index in [1.807, 2.05) is 13.1 Å². The fourth-order valence-electron chi connectivity index (χ4n) is 2.74. The van der Waals surface area contributed by atoms with Crippen molar-refractivity contribution in [3.05, 3.63) is 22.2 Å². The van der Waals surface area contributed by atoms with Gasteiger partial charge in [0.25, 0.3) is 0 Å². The molecule has 3 nitrogen and oxygen atoms in total. The number of benzene rings is 1. The van der Waals surface area contributed by atoms with Crippen molar-refractivity contribution in [3.63, 3.8) is 0 Å². The van der Waals surface area contributed by atoms with E-state index in [2.05, 4.69) is 27.3 Å². The van der Waals surface area contributed by atoms with E-state index in [9.17, 15) is 0 Å². The summed E-state index contributed by atoms with van der Waals surface area (Å²) in [4.78, 5) is 0. The first-order valence-corrected chi connectivity index (χ1v) is 7.35. The minimum Gasteiger partial charge on any atom is -0.486 e. The topological polar surface area (TPSA) is 30.5 Å². The van der Waals surface area contributed by atoms with Crippen LogP contribution >= 0.6 is 15.9 Å². The fourth-order valence-corrected chi connectivity index (χ4v) is 3.31. The van der Waals surface area contributed by atoms with E-state index in [1.54, 1.807) is 0 Å². The van der Waals surface area contributed by atoms with Gasteiger partial charge in [-0.1, -0.05) is 22.4 Å². The van der Waals surface area contributed by atoms with Gasteiger partial charge in [0.15, 0.2) is 11.5 Å². The molecule has 0 amide bonds. The van der Waals surface area contributed by atoms with Crippen LogP contribution in [0.15, 0.2) is 16.6 Å². The smallest absolute Gasteiger partial charge is 0.162 e. The third-order valence-electron chi connectivity index (χ3n) is 3.93. The highest BCUT2D eigenvalue weighted by Crippen LogP contribution is 2.43. The average molecular weight is 312 g/mol. The van der Waals surface area contributed by atoms with Gasteiger partial charge in [-0.25, -0.2) is 0 Å². The van der Waals surface area contributed by atoms with E-state index in [0.29, 0.717) is 19.3 Å². The number of rotatable bonds is 3. The number of halogens is 1. The average Bonchev–Trinajstić information content (AvgIpc) is 2.33. The third-order valence-corrected chi connectivity index (χ3v) is 4.62. The minimum atomic E-state index is 0.406. The van der Waals surface area contributed by atoms with E-state index < -0.39 is 0 Å². The number of hydrogen-bond acceptors (Lipinski definition) is 3. The highest BCUT2D eigenvalue weighted by molar-refractivity contribution is 9.10. The van der Waals surface area contributed by atoms with Gasteiger partial charge in [-0.15, -0.1) is 0 Å². The normalized spacial score (nSPS) is 20.3. The predicted octanol–water partition coefficient (Wildman–Crippen LogP) is 3.28. The van der Waals surface area contributed by atoms with Gasteiger partial charge in [0.1, 0.15) is 13.2 Å². The molecule has 1 N–H and O–H groups in total. The molecular weight excluding hydrogens is 294 g/mol. The molecule has 1 saturated carbocycles. The van der Waals surface area contributed by atoms with Gasteiger partial charge < -0.3 is 14.8 Å². The highest BCUT2D eigenvalue weighted by Gasteiger charge is 2.29. The zero-order chi connectivity index (χ0) is 12.5. The van der Waals surface area contributed by atoms with Crippen molar-refractivity contribution in [2.45, 2.75) is 25.3 Å². The van der Waals surface area contributed by atoms with Crippen LogP contribution in [-0.4, -0.2) is 20.3 Å². The molecule has 0 saturated heterocycles. The Kier molecular flexibility index (Phi) is 3.48. The van der Waals surface area contributed by atoms with Crippen molar-refractivity contribution in [1.29, 1.82) is 0 Å². The van der Waals surface area contributed by atoms with Crippen LogP contribution in [0.4, 0.5) is 0 Å². The molecule has 1 aromatic carbocycles. The molecule has 1 aromatic rings. The molecule has 1 heterocycles. The molecule has 0 aromatic heterocycles. The summed E-state index contributed by atoms with van der Waals surface area (Å²) < 4.78 is 12.4. The van der Waals surface area contributed by atoms with Crippen LogP contribution in [0.25, 0.3) is 0 Å². The van der Waals surface area contributed by atoms with Gasteiger partial charge in [-0.2, -0.15) is 0 Å². The summed E-state index contributed by atoms with van der Waals surface area (Å²) >= 11 is 3.66. The third kappa shape index (κ3) is 2.12. The van der Waals surface area contributed by atoms with Crippen LogP contribution in [0.3, 0.4) is 0 Å². The van der Waals surface area contributed by atoms with E-state index in [4.69, 9.17) is 9.47 Å². The highest BCUT2D eigenvalue weighted by atomic mass is 79.9. The Balaban J connectivity index is 1.94. The van der Waals surface area contributed by atoms with Crippen LogP contribution in [0, 0.1) is 5.92 Å². The van der Waals surface area contributed by atoms with E-state index >= 15 is 0 Å². The Morgan fingerprint density at radius 2 is 1.89 bits per heavy atom. The number of ether oxygens (including phenoxy) is 2. The second-order valence-electron chi connectivity index (χ2n) is 4.97. The Labute approximate surface area is 116 Å². The standard InChI is InChI=1S/C14H18BrNO2/c1-16-14(9-3-2-4-9)10-7-12-13(8-11(10)15)18-6-5-17-12/h7-9,14,16H,2-6H2,1H3. The summed E-state index contributed by atoms with van der Waals surface area (Å²) in [6, 6.07) is 4.56. The molecule has 4 heteroatoms.